The van der Waals surface area contributed by atoms with Gasteiger partial charge in [0.05, 0.1) is 18.8 Å². The number of nitrogens with one attached hydrogen (secondary N) is 1. The third kappa shape index (κ3) is 7.74. The van der Waals surface area contributed by atoms with Crippen LogP contribution >= 0.6 is 11.8 Å². The average molecular weight is 600 g/mol. The van der Waals surface area contributed by atoms with E-state index in [1.807, 2.05) is 72.4 Å². The van der Waals surface area contributed by atoms with Gasteiger partial charge in [-0.05, 0) is 33.9 Å². The second-order valence-corrected chi connectivity index (χ2v) is 11.5. The van der Waals surface area contributed by atoms with E-state index in [9.17, 15) is 9.90 Å². The summed E-state index contributed by atoms with van der Waals surface area (Å²) in [7, 11) is 1.99. The number of amides is 1. The second kappa shape index (κ2) is 14.5. The Labute approximate surface area is 256 Å². The zero-order valence-corrected chi connectivity index (χ0v) is 25.2. The maximum absolute atomic E-state index is 11.8. The number of nitrogens with zero attached hydrogens (tertiary/aromatic N) is 2. The molecule has 2 heterocycles. The lowest BCUT2D eigenvalue weighted by molar-refractivity contribution is -0.268. The smallest absolute Gasteiger partial charge is 0.407 e. The molecule has 1 amide bonds. The zero-order chi connectivity index (χ0) is 30.2. The van der Waals surface area contributed by atoms with E-state index in [0.29, 0.717) is 6.54 Å². The summed E-state index contributed by atoms with van der Waals surface area (Å²) in [4.78, 5) is 16.3. The maximum atomic E-state index is 11.8. The Morgan fingerprint density at radius 2 is 1.84 bits per heavy atom. The Hall–Kier alpha value is -3.89. The maximum Gasteiger partial charge on any atom is 0.407 e. The van der Waals surface area contributed by atoms with Crippen LogP contribution in [0.25, 0.3) is 11.1 Å². The molecule has 0 bridgehead atoms. The van der Waals surface area contributed by atoms with Gasteiger partial charge in [0.2, 0.25) is 0 Å². The number of benzene rings is 3. The summed E-state index contributed by atoms with van der Waals surface area (Å²) in [6.07, 6.45) is 4.00. The van der Waals surface area contributed by atoms with Crippen LogP contribution < -0.4 is 5.32 Å². The molecule has 1 aliphatic rings. The molecular formula is C34H37N3O5S. The molecule has 43 heavy (non-hydrogen) atoms. The van der Waals surface area contributed by atoms with Gasteiger partial charge in [-0.2, -0.15) is 0 Å². The molecular weight excluding hydrogens is 562 g/mol. The Morgan fingerprint density at radius 1 is 1.07 bits per heavy atom. The number of alkyl carbamates (subject to hydrolysis) is 1. The molecule has 0 radical (unpaired) electrons. The fraction of sp³-hybridized carbons (Fsp3) is 0.294. The van der Waals surface area contributed by atoms with Gasteiger partial charge in [-0.1, -0.05) is 98.1 Å². The number of hydrogen-bond acceptors (Lipinski definition) is 7. The van der Waals surface area contributed by atoms with Crippen molar-refractivity contribution in [2.75, 3.05) is 12.4 Å². The minimum absolute atomic E-state index is 0.00403. The van der Waals surface area contributed by atoms with Crippen molar-refractivity contribution in [1.82, 2.24) is 14.9 Å². The van der Waals surface area contributed by atoms with E-state index in [1.54, 1.807) is 18.0 Å². The van der Waals surface area contributed by atoms with Crippen molar-refractivity contribution in [3.63, 3.8) is 0 Å². The molecule has 1 fully saturated rings. The molecule has 1 saturated heterocycles. The van der Waals surface area contributed by atoms with Crippen molar-refractivity contribution >= 4 is 17.9 Å². The summed E-state index contributed by atoms with van der Waals surface area (Å²) in [6.45, 7) is 6.25. The van der Waals surface area contributed by atoms with Crippen molar-refractivity contribution in [2.24, 2.45) is 13.0 Å². The van der Waals surface area contributed by atoms with Gasteiger partial charge in [0, 0.05) is 43.2 Å². The molecule has 9 heteroatoms. The third-order valence-corrected chi connectivity index (χ3v) is 8.64. The van der Waals surface area contributed by atoms with Crippen molar-refractivity contribution in [2.45, 2.75) is 43.7 Å². The van der Waals surface area contributed by atoms with Gasteiger partial charge in [0.1, 0.15) is 6.61 Å². The quantitative estimate of drug-likeness (QED) is 0.149. The molecule has 4 atom stereocenters. The summed E-state index contributed by atoms with van der Waals surface area (Å²) < 4.78 is 20.2. The summed E-state index contributed by atoms with van der Waals surface area (Å²) in [5.74, 6) is 0.825. The summed E-state index contributed by atoms with van der Waals surface area (Å²) >= 11 is 1.67. The Balaban J connectivity index is 1.32. The van der Waals surface area contributed by atoms with E-state index >= 15 is 0 Å². The first-order chi connectivity index (χ1) is 20.9. The fourth-order valence-corrected chi connectivity index (χ4v) is 6.11. The van der Waals surface area contributed by atoms with E-state index in [-0.39, 0.29) is 31.3 Å². The van der Waals surface area contributed by atoms with Gasteiger partial charge >= 0.3 is 6.09 Å². The van der Waals surface area contributed by atoms with Gasteiger partial charge in [0.25, 0.3) is 0 Å². The number of ether oxygens (including phenoxy) is 3. The van der Waals surface area contributed by atoms with Gasteiger partial charge in [0.15, 0.2) is 11.4 Å². The van der Waals surface area contributed by atoms with Crippen LogP contribution in [0.15, 0.2) is 103 Å². The Bertz CT molecular complexity index is 1510. The van der Waals surface area contributed by atoms with Gasteiger partial charge < -0.3 is 29.2 Å². The standard InChI is InChI=1S/C34H37N3O5S/c1-4-18-40-34(39)36-20-25-6-5-7-29(19-25)26-12-14-28(15-13-26)32-41-30(22-43-33-35-16-17-37(33)3)23(2)31(42-32)27-10-8-24(21-38)9-11-27/h4-17,19,23,30-32,38H,1,18,20-22H2,2-3H3,(H,36,39). The number of aryl methyl sites for hydroxylation is 1. The van der Waals surface area contributed by atoms with Gasteiger partial charge in [-0.25, -0.2) is 9.78 Å². The van der Waals surface area contributed by atoms with Crippen LogP contribution in [0.5, 0.6) is 0 Å². The van der Waals surface area contributed by atoms with Crippen molar-refractivity contribution in [3.05, 3.63) is 120 Å². The van der Waals surface area contributed by atoms with E-state index in [2.05, 4.69) is 42.0 Å². The highest BCUT2D eigenvalue weighted by Gasteiger charge is 2.38. The predicted octanol–water partition coefficient (Wildman–Crippen LogP) is 6.58. The second-order valence-electron chi connectivity index (χ2n) is 10.5. The van der Waals surface area contributed by atoms with Crippen LogP contribution in [0.1, 0.15) is 41.6 Å². The van der Waals surface area contributed by atoms with Crippen LogP contribution in [0.4, 0.5) is 4.79 Å². The number of aliphatic hydroxyl groups is 1. The predicted molar refractivity (Wildman–Crippen MR) is 167 cm³/mol. The van der Waals surface area contributed by atoms with E-state index in [0.717, 1.165) is 44.3 Å². The number of carbonyl (C=O) groups is 1. The van der Waals surface area contributed by atoms with Gasteiger partial charge in [-0.3, -0.25) is 0 Å². The molecule has 4 unspecified atom stereocenters. The number of aromatic nitrogens is 2. The molecule has 3 aromatic carbocycles. The number of rotatable bonds is 11. The fourth-order valence-electron chi connectivity index (χ4n) is 5.01. The highest BCUT2D eigenvalue weighted by molar-refractivity contribution is 7.99. The highest BCUT2D eigenvalue weighted by atomic mass is 32.2. The van der Waals surface area contributed by atoms with Crippen molar-refractivity contribution < 1.29 is 24.1 Å². The van der Waals surface area contributed by atoms with Crippen LogP contribution in [0.3, 0.4) is 0 Å². The molecule has 0 saturated carbocycles. The van der Waals surface area contributed by atoms with E-state index < -0.39 is 12.4 Å². The lowest BCUT2D eigenvalue weighted by Gasteiger charge is -2.41. The van der Waals surface area contributed by atoms with Gasteiger partial charge in [-0.15, -0.1) is 0 Å². The molecule has 1 aromatic heterocycles. The lowest BCUT2D eigenvalue weighted by Crippen LogP contribution is -2.38. The monoisotopic (exact) mass is 599 g/mol. The normalized spacial score (nSPS) is 20.0. The first-order valence-electron chi connectivity index (χ1n) is 14.3. The molecule has 2 N–H and O–H groups in total. The molecule has 1 aliphatic heterocycles. The highest BCUT2D eigenvalue weighted by Crippen LogP contribution is 2.43. The molecule has 5 rings (SSSR count). The molecule has 8 nitrogen and oxygen atoms in total. The van der Waals surface area contributed by atoms with Crippen LogP contribution in [0.2, 0.25) is 0 Å². The zero-order valence-electron chi connectivity index (χ0n) is 24.4. The molecule has 4 aromatic rings. The third-order valence-electron chi connectivity index (χ3n) is 7.49. The van der Waals surface area contributed by atoms with E-state index in [4.69, 9.17) is 14.2 Å². The summed E-state index contributed by atoms with van der Waals surface area (Å²) in [5.41, 5.74) is 5.90. The topological polar surface area (TPSA) is 94.8 Å². The first-order valence-corrected chi connectivity index (χ1v) is 15.2. The Morgan fingerprint density at radius 3 is 2.53 bits per heavy atom. The van der Waals surface area contributed by atoms with E-state index in [1.165, 1.54) is 6.08 Å². The minimum atomic E-state index is -0.545. The van der Waals surface area contributed by atoms with Crippen LogP contribution in [-0.4, -0.2) is 39.2 Å². The lowest BCUT2D eigenvalue weighted by atomic mass is 9.91. The molecule has 224 valence electrons. The van der Waals surface area contributed by atoms with Crippen LogP contribution in [-0.2, 0) is 34.4 Å². The minimum Gasteiger partial charge on any atom is -0.445 e. The van der Waals surface area contributed by atoms with Crippen molar-refractivity contribution in [3.8, 4) is 11.1 Å². The largest absolute Gasteiger partial charge is 0.445 e. The Kier molecular flexibility index (Phi) is 10.3. The summed E-state index contributed by atoms with van der Waals surface area (Å²) in [6, 6.07) is 24.2. The SMILES string of the molecule is C=CCOC(=O)NCc1cccc(-c2ccc(C3OC(CSc4nccn4C)C(C)C(c4ccc(CO)cc4)O3)cc2)c1. The summed E-state index contributed by atoms with van der Waals surface area (Å²) in [5, 5.41) is 13.2. The van der Waals surface area contributed by atoms with Crippen LogP contribution in [0, 0.1) is 5.92 Å². The number of carbonyl (C=O) groups excluding carboxylic acids is 1. The molecule has 0 spiro atoms. The molecule has 0 aliphatic carbocycles. The first kappa shape index (κ1) is 30.6. The number of aliphatic hydroxyl groups excluding tert-OH is 1. The number of thioether (sulfide) groups is 1. The average Bonchev–Trinajstić information content (AvgIpc) is 3.46. The number of imidazole rings is 1. The van der Waals surface area contributed by atoms with Crippen molar-refractivity contribution in [1.29, 1.82) is 0 Å². The number of hydrogen-bond donors (Lipinski definition) is 2.